The maximum absolute atomic E-state index is 12.0. The second kappa shape index (κ2) is 7.09. The molecule has 8 heteroatoms. The average Bonchev–Trinajstić information content (AvgIpc) is 3.53. The Kier molecular flexibility index (Phi) is 4.31. The van der Waals surface area contributed by atoms with Crippen molar-refractivity contribution in [2.24, 2.45) is 11.8 Å². The molecular weight excluding hydrogens is 408 g/mol. The lowest BCUT2D eigenvalue weighted by atomic mass is 10.0. The number of rotatable bonds is 3. The van der Waals surface area contributed by atoms with Crippen LogP contribution >= 0.6 is 11.8 Å². The van der Waals surface area contributed by atoms with E-state index in [9.17, 15) is 4.79 Å². The van der Waals surface area contributed by atoms with Gasteiger partial charge in [-0.15, -0.1) is 11.8 Å². The number of carbonyl (C=O) groups excluding carboxylic acids is 1. The summed E-state index contributed by atoms with van der Waals surface area (Å²) in [7, 11) is 0. The SMILES string of the molecule is C=CC(=O)N1CC2CC(n3nc(-c4ccc5c(c4)CCS5)c4c(N)ncnc43)CC2C1. The number of amides is 1. The maximum atomic E-state index is 12.0. The average molecular weight is 433 g/mol. The second-order valence-corrected chi connectivity index (χ2v) is 9.90. The van der Waals surface area contributed by atoms with Gasteiger partial charge in [-0.1, -0.05) is 12.6 Å². The topological polar surface area (TPSA) is 89.9 Å². The number of aromatic nitrogens is 4. The Hall–Kier alpha value is -2.87. The van der Waals surface area contributed by atoms with E-state index < -0.39 is 0 Å². The smallest absolute Gasteiger partial charge is 0.245 e. The van der Waals surface area contributed by atoms with Gasteiger partial charge >= 0.3 is 0 Å². The zero-order chi connectivity index (χ0) is 21.1. The third-order valence-electron chi connectivity index (χ3n) is 7.04. The molecule has 31 heavy (non-hydrogen) atoms. The summed E-state index contributed by atoms with van der Waals surface area (Å²) in [5.74, 6) is 2.63. The lowest BCUT2D eigenvalue weighted by Crippen LogP contribution is -2.28. The largest absolute Gasteiger partial charge is 0.383 e. The number of benzene rings is 1. The fourth-order valence-corrected chi connectivity index (χ4v) is 6.62. The Labute approximate surface area is 184 Å². The molecule has 0 spiro atoms. The normalized spacial score (nSPS) is 24.5. The molecule has 3 aromatic rings. The number of fused-ring (bicyclic) bond motifs is 3. The van der Waals surface area contributed by atoms with Crippen LogP contribution in [0.4, 0.5) is 5.82 Å². The minimum atomic E-state index is 0.0352. The van der Waals surface area contributed by atoms with Crippen LogP contribution < -0.4 is 5.73 Å². The van der Waals surface area contributed by atoms with Gasteiger partial charge in [0.2, 0.25) is 5.91 Å². The highest BCUT2D eigenvalue weighted by atomic mass is 32.2. The van der Waals surface area contributed by atoms with Gasteiger partial charge in [0.05, 0.1) is 11.4 Å². The van der Waals surface area contributed by atoms with E-state index in [1.54, 1.807) is 0 Å². The first-order chi connectivity index (χ1) is 15.1. The Morgan fingerprint density at radius 2 is 2.03 bits per heavy atom. The molecule has 2 atom stereocenters. The van der Waals surface area contributed by atoms with E-state index in [0.29, 0.717) is 17.7 Å². The minimum Gasteiger partial charge on any atom is -0.383 e. The Bertz CT molecular complexity index is 1210. The minimum absolute atomic E-state index is 0.0352. The van der Waals surface area contributed by atoms with Gasteiger partial charge in [-0.25, -0.2) is 14.6 Å². The van der Waals surface area contributed by atoms with Gasteiger partial charge in [0.1, 0.15) is 17.8 Å². The summed E-state index contributed by atoms with van der Waals surface area (Å²) in [5.41, 5.74) is 10.4. The van der Waals surface area contributed by atoms with Crippen molar-refractivity contribution in [2.45, 2.75) is 30.2 Å². The van der Waals surface area contributed by atoms with Crippen molar-refractivity contribution in [1.82, 2.24) is 24.6 Å². The van der Waals surface area contributed by atoms with Crippen LogP contribution in [0, 0.1) is 11.8 Å². The summed E-state index contributed by atoms with van der Waals surface area (Å²) in [6, 6.07) is 6.83. The molecule has 1 aromatic carbocycles. The van der Waals surface area contributed by atoms with Crippen molar-refractivity contribution in [2.75, 3.05) is 24.6 Å². The number of nitrogens with two attached hydrogens (primary N) is 1. The van der Waals surface area contributed by atoms with Crippen molar-refractivity contribution >= 4 is 34.5 Å². The molecule has 0 radical (unpaired) electrons. The molecule has 2 aromatic heterocycles. The molecule has 4 heterocycles. The monoisotopic (exact) mass is 432 g/mol. The van der Waals surface area contributed by atoms with E-state index in [1.165, 1.54) is 22.9 Å². The second-order valence-electron chi connectivity index (χ2n) is 8.76. The van der Waals surface area contributed by atoms with E-state index in [1.807, 2.05) is 16.7 Å². The molecule has 0 bridgehead atoms. The van der Waals surface area contributed by atoms with Crippen LogP contribution in [-0.2, 0) is 11.2 Å². The number of hydrogen-bond donors (Lipinski definition) is 1. The van der Waals surface area contributed by atoms with Crippen LogP contribution in [0.2, 0.25) is 0 Å². The molecule has 1 amide bonds. The molecule has 1 aliphatic carbocycles. The standard InChI is InChI=1S/C23H24N6OS/c1-2-19(30)28-10-15-8-17(9-16(15)11-28)29-23-20(22(24)25-12-26-23)21(27-29)14-3-4-18-13(7-14)5-6-31-18/h2-4,7,12,15-17H,1,5-6,8-11H2,(H2,24,25,26). The van der Waals surface area contributed by atoms with Crippen molar-refractivity contribution in [3.8, 4) is 11.3 Å². The third kappa shape index (κ3) is 2.96. The highest BCUT2D eigenvalue weighted by molar-refractivity contribution is 7.99. The molecule has 2 fully saturated rings. The molecular formula is C23H24N6OS. The molecule has 158 valence electrons. The Morgan fingerprint density at radius 1 is 1.23 bits per heavy atom. The first-order valence-electron chi connectivity index (χ1n) is 10.8. The van der Waals surface area contributed by atoms with Gasteiger partial charge in [0, 0.05) is 29.3 Å². The number of nitrogens with zero attached hydrogens (tertiary/aromatic N) is 5. The molecule has 1 saturated heterocycles. The predicted octanol–water partition coefficient (Wildman–Crippen LogP) is 3.32. The number of anilines is 1. The van der Waals surface area contributed by atoms with E-state index in [0.717, 1.165) is 60.4 Å². The van der Waals surface area contributed by atoms with Crippen LogP contribution in [0.3, 0.4) is 0 Å². The van der Waals surface area contributed by atoms with Crippen LogP contribution in [-0.4, -0.2) is 49.4 Å². The highest BCUT2D eigenvalue weighted by Crippen LogP contribution is 2.46. The van der Waals surface area contributed by atoms with Crippen molar-refractivity contribution in [3.05, 3.63) is 42.7 Å². The maximum Gasteiger partial charge on any atom is 0.245 e. The quantitative estimate of drug-likeness (QED) is 0.639. The first-order valence-corrected chi connectivity index (χ1v) is 11.8. The lowest BCUT2D eigenvalue weighted by Gasteiger charge is -2.18. The molecule has 2 unspecified atom stereocenters. The number of thioether (sulfide) groups is 1. The van der Waals surface area contributed by atoms with E-state index in [4.69, 9.17) is 10.8 Å². The predicted molar refractivity (Wildman–Crippen MR) is 122 cm³/mol. The Morgan fingerprint density at radius 3 is 2.81 bits per heavy atom. The molecule has 1 saturated carbocycles. The van der Waals surface area contributed by atoms with Gasteiger partial charge in [-0.3, -0.25) is 4.79 Å². The summed E-state index contributed by atoms with van der Waals surface area (Å²) >= 11 is 1.91. The Balaban J connectivity index is 1.37. The van der Waals surface area contributed by atoms with Crippen molar-refractivity contribution in [1.29, 1.82) is 0 Å². The van der Waals surface area contributed by atoms with Crippen molar-refractivity contribution in [3.63, 3.8) is 0 Å². The molecule has 6 rings (SSSR count). The van der Waals surface area contributed by atoms with E-state index >= 15 is 0 Å². The fourth-order valence-electron chi connectivity index (χ4n) is 5.56. The van der Waals surface area contributed by atoms with Gasteiger partial charge in [-0.05, 0) is 54.9 Å². The molecule has 2 N–H and O–H groups in total. The number of aryl methyl sites for hydroxylation is 1. The van der Waals surface area contributed by atoms with Gasteiger partial charge in [0.25, 0.3) is 0 Å². The summed E-state index contributed by atoms with van der Waals surface area (Å²) in [5, 5.41) is 5.90. The summed E-state index contributed by atoms with van der Waals surface area (Å²) < 4.78 is 2.07. The number of hydrogen-bond acceptors (Lipinski definition) is 6. The first kappa shape index (κ1) is 18.9. The van der Waals surface area contributed by atoms with Crippen LogP contribution in [0.25, 0.3) is 22.3 Å². The summed E-state index contributed by atoms with van der Waals surface area (Å²) in [6.07, 6.45) is 6.02. The summed E-state index contributed by atoms with van der Waals surface area (Å²) in [6.45, 7) is 5.23. The molecule has 2 aliphatic heterocycles. The molecule has 3 aliphatic rings. The van der Waals surface area contributed by atoms with E-state index in [2.05, 4.69) is 39.4 Å². The number of carbonyl (C=O) groups is 1. The molecule has 7 nitrogen and oxygen atoms in total. The third-order valence-corrected chi connectivity index (χ3v) is 8.16. The lowest BCUT2D eigenvalue weighted by molar-refractivity contribution is -0.125. The van der Waals surface area contributed by atoms with Gasteiger partial charge in [0.15, 0.2) is 5.65 Å². The highest BCUT2D eigenvalue weighted by Gasteiger charge is 2.43. The number of likely N-dealkylation sites (tertiary alicyclic amines) is 1. The fraction of sp³-hybridized carbons (Fsp3) is 0.391. The van der Waals surface area contributed by atoms with E-state index in [-0.39, 0.29) is 11.9 Å². The van der Waals surface area contributed by atoms with Gasteiger partial charge in [-0.2, -0.15) is 5.10 Å². The zero-order valence-corrected chi connectivity index (χ0v) is 18.0. The van der Waals surface area contributed by atoms with Crippen LogP contribution in [0.15, 0.2) is 42.1 Å². The van der Waals surface area contributed by atoms with Crippen LogP contribution in [0.1, 0.15) is 24.4 Å². The summed E-state index contributed by atoms with van der Waals surface area (Å²) in [4.78, 5) is 24.1. The van der Waals surface area contributed by atoms with Crippen LogP contribution in [0.5, 0.6) is 0 Å². The zero-order valence-electron chi connectivity index (χ0n) is 17.2. The number of nitrogen functional groups attached to an aromatic ring is 1. The van der Waals surface area contributed by atoms with Gasteiger partial charge < -0.3 is 10.6 Å². The van der Waals surface area contributed by atoms with Crippen molar-refractivity contribution < 1.29 is 4.79 Å².